The second kappa shape index (κ2) is 9.85. The van der Waals surface area contributed by atoms with Crippen LogP contribution in [0.3, 0.4) is 0 Å². The van der Waals surface area contributed by atoms with Gasteiger partial charge in [-0.2, -0.15) is 0 Å². The van der Waals surface area contributed by atoms with Crippen molar-refractivity contribution in [3.8, 4) is 11.3 Å². The molecular formula is C25H29N3O5. The van der Waals surface area contributed by atoms with Crippen LogP contribution in [0.1, 0.15) is 44.2 Å². The Labute approximate surface area is 193 Å². The van der Waals surface area contributed by atoms with Gasteiger partial charge in [-0.05, 0) is 37.5 Å². The number of hydrogen-bond donors (Lipinski definition) is 3. The van der Waals surface area contributed by atoms with E-state index >= 15 is 0 Å². The fourth-order valence-electron chi connectivity index (χ4n) is 3.80. The number of rotatable bonds is 8. The van der Waals surface area contributed by atoms with Crippen LogP contribution in [0.4, 0.5) is 0 Å². The maximum Gasteiger partial charge on any atom is 0.329 e. The summed E-state index contributed by atoms with van der Waals surface area (Å²) < 4.78 is 0. The summed E-state index contributed by atoms with van der Waals surface area (Å²) in [6.45, 7) is 5.69. The SMILES string of the molecule is CCCC(C)(NC(=O)C1=C(O)CCN(Cc2ccc(-c3ccc(C)cn3)cc2)C1=O)C(=O)O. The van der Waals surface area contributed by atoms with Gasteiger partial charge in [0.05, 0.1) is 5.69 Å². The number of carboxylic acids is 1. The number of carbonyl (C=O) groups excluding carboxylic acids is 2. The zero-order valence-electron chi connectivity index (χ0n) is 19.1. The lowest BCUT2D eigenvalue weighted by Gasteiger charge is -2.31. The molecule has 8 nitrogen and oxygen atoms in total. The minimum Gasteiger partial charge on any atom is -0.511 e. The summed E-state index contributed by atoms with van der Waals surface area (Å²) in [5.74, 6) is -3.01. The molecule has 0 spiro atoms. The topological polar surface area (TPSA) is 120 Å². The third kappa shape index (κ3) is 5.39. The van der Waals surface area contributed by atoms with Crippen LogP contribution in [-0.4, -0.2) is 50.0 Å². The molecule has 3 rings (SSSR count). The standard InChI is InChI=1S/C25H29N3O5/c1-4-12-25(3,24(32)33)27-22(30)21-20(29)11-13-28(23(21)31)15-17-6-8-18(9-7-17)19-10-5-16(2)14-26-19/h5-10,14,29H,4,11-13,15H2,1-3H3,(H,27,30)(H,32,33). The number of pyridine rings is 1. The van der Waals surface area contributed by atoms with E-state index < -0.39 is 28.9 Å². The van der Waals surface area contributed by atoms with Crippen molar-refractivity contribution in [2.45, 2.75) is 52.1 Å². The maximum absolute atomic E-state index is 13.0. The molecule has 3 N–H and O–H groups in total. The van der Waals surface area contributed by atoms with E-state index in [0.29, 0.717) is 6.42 Å². The van der Waals surface area contributed by atoms with Gasteiger partial charge in [-0.3, -0.25) is 14.6 Å². The first-order valence-electron chi connectivity index (χ1n) is 10.9. The smallest absolute Gasteiger partial charge is 0.329 e. The Kier molecular flexibility index (Phi) is 7.16. The van der Waals surface area contributed by atoms with Crippen LogP contribution < -0.4 is 5.32 Å². The molecule has 0 fully saturated rings. The van der Waals surface area contributed by atoms with Gasteiger partial charge in [-0.1, -0.05) is 43.7 Å². The van der Waals surface area contributed by atoms with Crippen LogP contribution in [0.25, 0.3) is 11.3 Å². The predicted octanol–water partition coefficient (Wildman–Crippen LogP) is 3.36. The van der Waals surface area contributed by atoms with E-state index in [1.165, 1.54) is 11.8 Å². The fraction of sp³-hybridized carbons (Fsp3) is 0.360. The monoisotopic (exact) mass is 451 g/mol. The number of amides is 2. The molecule has 0 aliphatic carbocycles. The van der Waals surface area contributed by atoms with Crippen LogP contribution in [0.15, 0.2) is 53.9 Å². The molecule has 8 heteroatoms. The molecule has 174 valence electrons. The fourth-order valence-corrected chi connectivity index (χ4v) is 3.80. The highest BCUT2D eigenvalue weighted by atomic mass is 16.4. The summed E-state index contributed by atoms with van der Waals surface area (Å²) in [5, 5.41) is 22.2. The van der Waals surface area contributed by atoms with Gasteiger partial charge in [0.1, 0.15) is 16.9 Å². The molecule has 0 saturated carbocycles. The summed E-state index contributed by atoms with van der Waals surface area (Å²) in [4.78, 5) is 43.3. The highest BCUT2D eigenvalue weighted by molar-refractivity contribution is 6.19. The normalized spacial score (nSPS) is 15.8. The second-order valence-electron chi connectivity index (χ2n) is 8.56. The van der Waals surface area contributed by atoms with Crippen LogP contribution in [0.5, 0.6) is 0 Å². The van der Waals surface area contributed by atoms with Gasteiger partial charge >= 0.3 is 5.97 Å². The number of carboxylic acid groups (broad SMARTS) is 1. The molecule has 1 unspecified atom stereocenters. The molecule has 2 heterocycles. The number of aliphatic hydroxyl groups is 1. The van der Waals surface area contributed by atoms with Crippen molar-refractivity contribution >= 4 is 17.8 Å². The molecule has 33 heavy (non-hydrogen) atoms. The maximum atomic E-state index is 13.0. The zero-order valence-corrected chi connectivity index (χ0v) is 19.1. The number of benzene rings is 1. The number of carbonyl (C=O) groups is 3. The van der Waals surface area contributed by atoms with Crippen LogP contribution in [0, 0.1) is 6.92 Å². The van der Waals surface area contributed by atoms with Gasteiger partial charge < -0.3 is 20.4 Å². The van der Waals surface area contributed by atoms with Crippen LogP contribution in [-0.2, 0) is 20.9 Å². The van der Waals surface area contributed by atoms with Crippen molar-refractivity contribution in [2.75, 3.05) is 6.54 Å². The summed E-state index contributed by atoms with van der Waals surface area (Å²) in [5.41, 5.74) is 1.81. The lowest BCUT2D eigenvalue weighted by Crippen LogP contribution is -2.54. The molecule has 1 aromatic carbocycles. The van der Waals surface area contributed by atoms with Crippen molar-refractivity contribution in [3.63, 3.8) is 0 Å². The molecule has 1 atom stereocenters. The quantitative estimate of drug-likeness (QED) is 0.530. The molecule has 2 amide bonds. The first kappa shape index (κ1) is 24.0. The summed E-state index contributed by atoms with van der Waals surface area (Å²) in [6, 6.07) is 11.6. The highest BCUT2D eigenvalue weighted by Crippen LogP contribution is 2.23. The Morgan fingerprint density at radius 1 is 1.18 bits per heavy atom. The van der Waals surface area contributed by atoms with E-state index in [-0.39, 0.29) is 31.7 Å². The van der Waals surface area contributed by atoms with Crippen LogP contribution in [0.2, 0.25) is 0 Å². The third-order valence-electron chi connectivity index (χ3n) is 5.78. The van der Waals surface area contributed by atoms with Gasteiger partial charge in [0.2, 0.25) is 0 Å². The molecule has 1 aromatic heterocycles. The Bertz CT molecular complexity index is 1080. The van der Waals surface area contributed by atoms with E-state index in [2.05, 4.69) is 10.3 Å². The zero-order chi connectivity index (χ0) is 24.2. The molecular weight excluding hydrogens is 422 g/mol. The lowest BCUT2D eigenvalue weighted by atomic mass is 9.95. The van der Waals surface area contributed by atoms with Crippen molar-refractivity contribution in [3.05, 3.63) is 65.1 Å². The predicted molar refractivity (Wildman–Crippen MR) is 123 cm³/mol. The van der Waals surface area contributed by atoms with E-state index in [4.69, 9.17) is 0 Å². The van der Waals surface area contributed by atoms with Crippen molar-refractivity contribution in [1.82, 2.24) is 15.2 Å². The minimum atomic E-state index is -1.53. The first-order valence-corrected chi connectivity index (χ1v) is 10.9. The van der Waals surface area contributed by atoms with E-state index in [1.54, 1.807) is 13.1 Å². The van der Waals surface area contributed by atoms with Gasteiger partial charge in [-0.15, -0.1) is 0 Å². The summed E-state index contributed by atoms with van der Waals surface area (Å²) >= 11 is 0. The Hall–Kier alpha value is -3.68. The van der Waals surface area contributed by atoms with Crippen LogP contribution >= 0.6 is 0 Å². The minimum absolute atomic E-state index is 0.122. The molecule has 1 aliphatic rings. The number of aliphatic hydroxyl groups excluding tert-OH is 1. The van der Waals surface area contributed by atoms with E-state index in [1.807, 2.05) is 43.3 Å². The summed E-state index contributed by atoms with van der Waals surface area (Å²) in [6.07, 6.45) is 2.65. The number of aromatic nitrogens is 1. The molecule has 2 aromatic rings. The largest absolute Gasteiger partial charge is 0.511 e. The number of aliphatic carboxylic acids is 1. The first-order chi connectivity index (χ1) is 15.6. The molecule has 0 bridgehead atoms. The van der Waals surface area contributed by atoms with Crippen molar-refractivity contribution in [1.29, 1.82) is 0 Å². The molecule has 1 aliphatic heterocycles. The molecule has 0 radical (unpaired) electrons. The van der Waals surface area contributed by atoms with Crippen molar-refractivity contribution in [2.24, 2.45) is 0 Å². The third-order valence-corrected chi connectivity index (χ3v) is 5.78. The Morgan fingerprint density at radius 2 is 1.88 bits per heavy atom. The average Bonchev–Trinajstić information content (AvgIpc) is 2.77. The van der Waals surface area contributed by atoms with Gasteiger partial charge in [0.15, 0.2) is 0 Å². The Balaban J connectivity index is 1.73. The number of aryl methyl sites for hydroxylation is 1. The lowest BCUT2D eigenvalue weighted by molar-refractivity contribution is -0.147. The summed E-state index contributed by atoms with van der Waals surface area (Å²) in [7, 11) is 0. The van der Waals surface area contributed by atoms with E-state index in [0.717, 1.165) is 22.4 Å². The number of hydrogen-bond acceptors (Lipinski definition) is 5. The average molecular weight is 452 g/mol. The second-order valence-corrected chi connectivity index (χ2v) is 8.56. The number of nitrogens with one attached hydrogen (secondary N) is 1. The highest BCUT2D eigenvalue weighted by Gasteiger charge is 2.39. The van der Waals surface area contributed by atoms with Gasteiger partial charge in [0, 0.05) is 31.3 Å². The van der Waals surface area contributed by atoms with E-state index in [9.17, 15) is 24.6 Å². The van der Waals surface area contributed by atoms with Gasteiger partial charge in [-0.25, -0.2) is 4.79 Å². The van der Waals surface area contributed by atoms with Crippen molar-refractivity contribution < 1.29 is 24.6 Å². The van der Waals surface area contributed by atoms with Gasteiger partial charge in [0.25, 0.3) is 11.8 Å². The Morgan fingerprint density at radius 3 is 2.45 bits per heavy atom. The number of nitrogens with zero attached hydrogens (tertiary/aromatic N) is 2. The molecule has 0 saturated heterocycles.